The lowest BCUT2D eigenvalue weighted by Gasteiger charge is -2.45. The van der Waals surface area contributed by atoms with Crippen LogP contribution in [0.1, 0.15) is 52.7 Å². The van der Waals surface area contributed by atoms with Crippen molar-refractivity contribution in [2.45, 2.75) is 52.4 Å². The second kappa shape index (κ2) is 16.9. The fourth-order valence-corrected chi connectivity index (χ4v) is 12.0. The highest BCUT2D eigenvalue weighted by Crippen LogP contribution is 2.48. The highest BCUT2D eigenvalue weighted by atomic mass is 15.2. The SMILES string of the molecule is CC(C)(C)c1ccc(N2c3cc4cc5ccccc5cc4cc3B3c4cc5cc6ccccc6cc5cc4N(c4ccc(C(C)(C)C)cc4)c4cc(-c5cc(-c6ccccc6)nc(-c6ccccc6)c5)cc2c43)cc1. The van der Waals surface area contributed by atoms with E-state index < -0.39 is 0 Å². The molecular weight excluding hydrogens is 906 g/mol. The molecule has 358 valence electrons. The van der Waals surface area contributed by atoms with Crippen LogP contribution < -0.4 is 26.2 Å². The first-order valence-corrected chi connectivity index (χ1v) is 26.5. The average Bonchev–Trinajstić information content (AvgIpc) is 3.43. The van der Waals surface area contributed by atoms with E-state index in [1.54, 1.807) is 0 Å². The summed E-state index contributed by atoms with van der Waals surface area (Å²) in [5.74, 6) is 0. The van der Waals surface area contributed by atoms with Gasteiger partial charge in [-0.3, -0.25) is 0 Å². The largest absolute Gasteiger partial charge is 0.311 e. The van der Waals surface area contributed by atoms with Gasteiger partial charge in [0.05, 0.1) is 11.4 Å². The highest BCUT2D eigenvalue weighted by molar-refractivity contribution is 7.00. The van der Waals surface area contributed by atoms with E-state index in [9.17, 15) is 0 Å². The number of pyridine rings is 1. The number of benzene rings is 11. The standard InChI is InChI=1S/C71H56BN3/c1-70(2,3)57-25-29-59(30-26-57)74-65-41-53-35-49-23-15-13-21-47(49)33-51(53)37-61(65)72-62-38-52-34-48-22-14-16-24-50(48)36-54(52)42-66(62)75(60-31-27-58(28-32-60)71(4,5)6)68-44-56(43-67(74)69(68)72)55-39-63(45-17-9-7-10-18-45)73-64(40-55)46-19-11-8-12-20-46/h7-44H,1-6H3. The molecule has 0 bridgehead atoms. The molecule has 0 saturated heterocycles. The Morgan fingerprint density at radius 1 is 0.307 bits per heavy atom. The van der Waals surface area contributed by atoms with Crippen molar-refractivity contribution in [3.8, 4) is 33.6 Å². The number of aromatic nitrogens is 1. The fourth-order valence-electron chi connectivity index (χ4n) is 12.0. The smallest absolute Gasteiger partial charge is 0.252 e. The zero-order valence-corrected chi connectivity index (χ0v) is 43.4. The molecule has 4 heteroatoms. The highest BCUT2D eigenvalue weighted by Gasteiger charge is 2.44. The van der Waals surface area contributed by atoms with Crippen molar-refractivity contribution in [2.75, 3.05) is 9.80 Å². The quantitative estimate of drug-likeness (QED) is 0.127. The van der Waals surface area contributed by atoms with Crippen LogP contribution in [0.4, 0.5) is 34.1 Å². The van der Waals surface area contributed by atoms with Crippen molar-refractivity contribution in [1.29, 1.82) is 0 Å². The molecule has 0 spiro atoms. The van der Waals surface area contributed by atoms with Crippen LogP contribution in [0.25, 0.3) is 76.7 Å². The summed E-state index contributed by atoms with van der Waals surface area (Å²) in [6, 6.07) is 86.6. The van der Waals surface area contributed by atoms with Gasteiger partial charge in [-0.05, 0) is 177 Å². The fraction of sp³-hybridized carbons (Fsp3) is 0.113. The maximum Gasteiger partial charge on any atom is 0.252 e. The number of rotatable bonds is 5. The molecule has 0 amide bonds. The molecule has 0 unspecified atom stereocenters. The second-order valence-electron chi connectivity index (χ2n) is 22.9. The van der Waals surface area contributed by atoms with Crippen molar-refractivity contribution >= 4 is 100 Å². The number of hydrogen-bond acceptors (Lipinski definition) is 3. The summed E-state index contributed by atoms with van der Waals surface area (Å²) in [6.07, 6.45) is 0. The molecule has 2 aliphatic rings. The predicted octanol–water partition coefficient (Wildman–Crippen LogP) is 17.4. The monoisotopic (exact) mass is 961 g/mol. The lowest BCUT2D eigenvalue weighted by molar-refractivity contribution is 0.590. The number of fused-ring (bicyclic) bond motifs is 8. The Labute approximate surface area is 440 Å². The van der Waals surface area contributed by atoms with Crippen molar-refractivity contribution in [1.82, 2.24) is 4.98 Å². The Morgan fingerprint density at radius 3 is 1.03 bits per heavy atom. The van der Waals surface area contributed by atoms with E-state index in [1.165, 1.54) is 93.4 Å². The minimum Gasteiger partial charge on any atom is -0.311 e. The van der Waals surface area contributed by atoms with Crippen LogP contribution in [0.15, 0.2) is 231 Å². The Bertz CT molecular complexity index is 3980. The van der Waals surface area contributed by atoms with Gasteiger partial charge in [0.1, 0.15) is 0 Å². The molecule has 1 aromatic heterocycles. The third kappa shape index (κ3) is 7.61. The number of hydrogen-bond donors (Lipinski definition) is 0. The van der Waals surface area contributed by atoms with E-state index in [2.05, 4.69) is 282 Å². The molecule has 0 radical (unpaired) electrons. The minimum atomic E-state index is -0.0896. The van der Waals surface area contributed by atoms with Gasteiger partial charge >= 0.3 is 0 Å². The van der Waals surface area contributed by atoms with Gasteiger partial charge in [-0.15, -0.1) is 0 Å². The maximum absolute atomic E-state index is 5.37. The first-order chi connectivity index (χ1) is 36.4. The summed E-state index contributed by atoms with van der Waals surface area (Å²) < 4.78 is 0. The van der Waals surface area contributed by atoms with E-state index >= 15 is 0 Å². The molecule has 75 heavy (non-hydrogen) atoms. The maximum atomic E-state index is 5.37. The van der Waals surface area contributed by atoms with Gasteiger partial charge in [-0.1, -0.05) is 187 Å². The predicted molar refractivity (Wildman–Crippen MR) is 322 cm³/mol. The van der Waals surface area contributed by atoms with Gasteiger partial charge in [0.15, 0.2) is 0 Å². The Morgan fingerprint density at radius 2 is 0.653 bits per heavy atom. The minimum absolute atomic E-state index is 0.00507. The molecule has 0 atom stereocenters. The third-order valence-electron chi connectivity index (χ3n) is 16.0. The summed E-state index contributed by atoms with van der Waals surface area (Å²) in [5.41, 5.74) is 19.7. The molecule has 12 aromatic rings. The first kappa shape index (κ1) is 44.9. The van der Waals surface area contributed by atoms with Crippen molar-refractivity contribution in [2.24, 2.45) is 0 Å². The lowest BCUT2D eigenvalue weighted by Crippen LogP contribution is -2.61. The van der Waals surface area contributed by atoms with Crippen LogP contribution in [0.2, 0.25) is 0 Å². The summed E-state index contributed by atoms with van der Waals surface area (Å²) in [6.45, 7) is 13.7. The van der Waals surface area contributed by atoms with Gasteiger partial charge in [0.2, 0.25) is 0 Å². The number of nitrogens with zero attached hydrogens (tertiary/aromatic N) is 3. The summed E-state index contributed by atoms with van der Waals surface area (Å²) in [7, 11) is 0. The summed E-state index contributed by atoms with van der Waals surface area (Å²) >= 11 is 0. The Hall–Kier alpha value is -8.73. The second-order valence-corrected chi connectivity index (χ2v) is 22.9. The average molecular weight is 962 g/mol. The zero-order valence-electron chi connectivity index (χ0n) is 43.4. The zero-order chi connectivity index (χ0) is 50.7. The van der Waals surface area contributed by atoms with Crippen molar-refractivity contribution in [3.63, 3.8) is 0 Å². The summed E-state index contributed by atoms with van der Waals surface area (Å²) in [5, 5.41) is 9.89. The molecule has 2 aliphatic heterocycles. The molecule has 14 rings (SSSR count). The van der Waals surface area contributed by atoms with Gasteiger partial charge in [0.25, 0.3) is 6.71 Å². The van der Waals surface area contributed by atoms with Gasteiger partial charge < -0.3 is 9.80 Å². The Kier molecular flexibility index (Phi) is 10.1. The van der Waals surface area contributed by atoms with Crippen LogP contribution in [-0.4, -0.2) is 11.7 Å². The van der Waals surface area contributed by atoms with Crippen LogP contribution in [0.3, 0.4) is 0 Å². The Balaban J connectivity index is 1.12. The van der Waals surface area contributed by atoms with Gasteiger partial charge in [-0.2, -0.15) is 0 Å². The topological polar surface area (TPSA) is 19.4 Å². The molecule has 3 nitrogen and oxygen atoms in total. The molecule has 3 heterocycles. The lowest BCUT2D eigenvalue weighted by atomic mass is 9.33. The van der Waals surface area contributed by atoms with E-state index in [-0.39, 0.29) is 17.5 Å². The first-order valence-electron chi connectivity index (χ1n) is 26.5. The molecule has 0 fully saturated rings. The third-order valence-corrected chi connectivity index (χ3v) is 16.0. The van der Waals surface area contributed by atoms with E-state index in [0.29, 0.717) is 0 Å². The number of anilines is 6. The van der Waals surface area contributed by atoms with Crippen molar-refractivity contribution in [3.05, 3.63) is 242 Å². The summed E-state index contributed by atoms with van der Waals surface area (Å²) in [4.78, 5) is 10.5. The molecule has 0 saturated carbocycles. The molecular formula is C71H56BN3. The van der Waals surface area contributed by atoms with E-state index in [4.69, 9.17) is 4.98 Å². The van der Waals surface area contributed by atoms with Crippen LogP contribution in [0, 0.1) is 0 Å². The van der Waals surface area contributed by atoms with Crippen LogP contribution in [0.5, 0.6) is 0 Å². The van der Waals surface area contributed by atoms with Crippen LogP contribution in [-0.2, 0) is 10.8 Å². The van der Waals surface area contributed by atoms with Crippen molar-refractivity contribution < 1.29 is 0 Å². The van der Waals surface area contributed by atoms with E-state index in [1.807, 2.05) is 0 Å². The normalized spacial score (nSPS) is 13.1. The van der Waals surface area contributed by atoms with Crippen LogP contribution >= 0.6 is 0 Å². The van der Waals surface area contributed by atoms with Gasteiger partial charge in [-0.25, -0.2) is 4.98 Å². The molecule has 11 aromatic carbocycles. The van der Waals surface area contributed by atoms with E-state index in [0.717, 1.165) is 45.0 Å². The van der Waals surface area contributed by atoms with Gasteiger partial charge in [0, 0.05) is 45.3 Å². The molecule has 0 N–H and O–H groups in total. The molecule has 0 aliphatic carbocycles.